The fraction of sp³-hybridized carbons (Fsp3) is 0.429. The van der Waals surface area contributed by atoms with Crippen LogP contribution in [-0.2, 0) is 21.4 Å². The lowest BCUT2D eigenvalue weighted by molar-refractivity contribution is -0.161. The van der Waals surface area contributed by atoms with E-state index < -0.39 is 17.0 Å². The van der Waals surface area contributed by atoms with E-state index in [1.54, 1.807) is 13.3 Å². The van der Waals surface area contributed by atoms with E-state index in [0.29, 0.717) is 49.4 Å². The normalized spacial score (nSPS) is 23.4. The zero-order valence-electron chi connectivity index (χ0n) is 20.2. The van der Waals surface area contributed by atoms with E-state index in [1.165, 1.54) is 18.2 Å². The minimum atomic E-state index is -0.735. The minimum absolute atomic E-state index is 0.0900. The number of hydrogen-bond acceptors (Lipinski definition) is 5. The van der Waals surface area contributed by atoms with Gasteiger partial charge in [-0.3, -0.25) is 9.78 Å². The van der Waals surface area contributed by atoms with Crippen LogP contribution in [0.5, 0.6) is 5.75 Å². The number of benzene rings is 2. The molecule has 2 aliphatic rings. The van der Waals surface area contributed by atoms with Crippen molar-refractivity contribution in [1.29, 1.82) is 0 Å². The van der Waals surface area contributed by atoms with Crippen LogP contribution in [0.25, 0.3) is 10.9 Å². The van der Waals surface area contributed by atoms with Gasteiger partial charge in [-0.25, -0.2) is 8.78 Å². The third-order valence-electron chi connectivity index (χ3n) is 7.62. The van der Waals surface area contributed by atoms with Crippen LogP contribution in [0, 0.1) is 17.6 Å². The first-order chi connectivity index (χ1) is 17.4. The number of pyridine rings is 1. The molecule has 0 spiro atoms. The third-order valence-corrected chi connectivity index (χ3v) is 7.95. The van der Waals surface area contributed by atoms with Gasteiger partial charge < -0.3 is 14.8 Å². The summed E-state index contributed by atoms with van der Waals surface area (Å²) in [7, 11) is 1.61. The van der Waals surface area contributed by atoms with Crippen molar-refractivity contribution in [1.82, 2.24) is 10.3 Å². The van der Waals surface area contributed by atoms with Gasteiger partial charge in [-0.15, -0.1) is 0 Å². The Hall–Kier alpha value is -2.77. The van der Waals surface area contributed by atoms with E-state index in [9.17, 15) is 13.6 Å². The summed E-state index contributed by atoms with van der Waals surface area (Å²) in [5, 5.41) is 4.61. The van der Waals surface area contributed by atoms with Crippen molar-refractivity contribution < 1.29 is 23.0 Å². The van der Waals surface area contributed by atoms with Crippen molar-refractivity contribution in [2.75, 3.05) is 20.2 Å². The Morgan fingerprint density at radius 1 is 1.22 bits per heavy atom. The molecule has 0 radical (unpaired) electrons. The Kier molecular flexibility index (Phi) is 7.13. The average Bonchev–Trinajstić information content (AvgIpc) is 3.39. The topological polar surface area (TPSA) is 60.5 Å². The molecule has 2 aromatic carbocycles. The molecular formula is C28H29ClF2N2O3. The molecule has 2 heterocycles. The van der Waals surface area contributed by atoms with Gasteiger partial charge in [0.1, 0.15) is 23.5 Å². The zero-order chi connectivity index (χ0) is 25.3. The number of aromatic nitrogens is 1. The van der Waals surface area contributed by atoms with Crippen molar-refractivity contribution in [2.24, 2.45) is 5.92 Å². The van der Waals surface area contributed by atoms with Crippen molar-refractivity contribution in [3.63, 3.8) is 0 Å². The molecule has 1 aromatic heterocycles. The lowest BCUT2D eigenvalue weighted by Crippen LogP contribution is -2.48. The Balaban J connectivity index is 1.35. The summed E-state index contributed by atoms with van der Waals surface area (Å²) in [6.07, 6.45) is 4.64. The molecule has 1 saturated carbocycles. The molecule has 5 nitrogen and oxygen atoms in total. The molecule has 0 amide bonds. The number of carbonyl (C=O) groups is 1. The summed E-state index contributed by atoms with van der Waals surface area (Å²) in [6, 6.07) is 9.61. The van der Waals surface area contributed by atoms with Crippen LogP contribution in [-0.4, -0.2) is 37.3 Å². The number of nitrogens with one attached hydrogen (secondary N) is 1. The van der Waals surface area contributed by atoms with Crippen LogP contribution in [0.1, 0.15) is 43.2 Å². The van der Waals surface area contributed by atoms with Gasteiger partial charge in [0, 0.05) is 29.1 Å². The van der Waals surface area contributed by atoms with Gasteiger partial charge >= 0.3 is 5.97 Å². The van der Waals surface area contributed by atoms with Gasteiger partial charge in [0.2, 0.25) is 0 Å². The number of esters is 1. The number of fused-ring (bicyclic) bond motifs is 1. The van der Waals surface area contributed by atoms with E-state index in [4.69, 9.17) is 21.1 Å². The summed E-state index contributed by atoms with van der Waals surface area (Å²) < 4.78 is 40.9. The van der Waals surface area contributed by atoms with E-state index >= 15 is 0 Å². The number of methoxy groups -OCH3 is 1. The van der Waals surface area contributed by atoms with E-state index in [0.717, 1.165) is 29.4 Å². The van der Waals surface area contributed by atoms with Crippen molar-refractivity contribution >= 4 is 28.5 Å². The van der Waals surface area contributed by atoms with Gasteiger partial charge in [0.05, 0.1) is 23.6 Å². The summed E-state index contributed by atoms with van der Waals surface area (Å²) in [5.41, 5.74) is 1.09. The van der Waals surface area contributed by atoms with Crippen molar-refractivity contribution in [2.45, 2.75) is 50.0 Å². The molecule has 3 aromatic rings. The third kappa shape index (κ3) is 4.78. The molecule has 5 rings (SSSR count). The largest absolute Gasteiger partial charge is 0.497 e. The molecule has 1 aliphatic heterocycles. The van der Waals surface area contributed by atoms with E-state index in [1.807, 2.05) is 18.2 Å². The lowest BCUT2D eigenvalue weighted by atomic mass is 9.60. The predicted molar refractivity (Wildman–Crippen MR) is 134 cm³/mol. The van der Waals surface area contributed by atoms with Crippen LogP contribution >= 0.6 is 11.6 Å². The smallest absolute Gasteiger partial charge is 0.310 e. The Morgan fingerprint density at radius 3 is 2.69 bits per heavy atom. The predicted octanol–water partition coefficient (Wildman–Crippen LogP) is 5.75. The molecular weight excluding hydrogens is 486 g/mol. The second kappa shape index (κ2) is 10.3. The number of hydrogen-bond donors (Lipinski definition) is 1. The van der Waals surface area contributed by atoms with E-state index in [2.05, 4.69) is 10.3 Å². The highest BCUT2D eigenvalue weighted by Gasteiger charge is 2.50. The molecule has 1 N–H and O–H groups in total. The zero-order valence-corrected chi connectivity index (χ0v) is 20.9. The van der Waals surface area contributed by atoms with Crippen molar-refractivity contribution in [3.05, 3.63) is 70.4 Å². The molecule has 1 atom stereocenters. The standard InChI is InChI=1S/C28H29ClF2N2O3/c1-35-18-7-8-25-21(12-18)20(22(29)16-33-25)4-3-10-28(26-23(30)5-2-6-24(26)31)13-19(14-28)36-27(34)17-9-11-32-15-17/h2,5-8,12,16-17,19,32H,3-4,9-11,13-15H2,1H3. The molecule has 0 bridgehead atoms. The fourth-order valence-electron chi connectivity index (χ4n) is 5.74. The molecule has 1 aliphatic carbocycles. The highest BCUT2D eigenvalue weighted by atomic mass is 35.5. The lowest BCUT2D eigenvalue weighted by Gasteiger charge is -2.48. The first kappa shape index (κ1) is 24.9. The molecule has 8 heteroatoms. The maximum Gasteiger partial charge on any atom is 0.310 e. The number of ether oxygens (including phenoxy) is 2. The second-order valence-electron chi connectivity index (χ2n) is 9.86. The van der Waals surface area contributed by atoms with E-state index in [-0.39, 0.29) is 23.6 Å². The van der Waals surface area contributed by atoms with Gasteiger partial charge in [0.25, 0.3) is 0 Å². The summed E-state index contributed by atoms with van der Waals surface area (Å²) in [5.74, 6) is -0.784. The molecule has 36 heavy (non-hydrogen) atoms. The van der Waals surface area contributed by atoms with Gasteiger partial charge in [-0.05, 0) is 81.0 Å². The number of nitrogens with zero attached hydrogens (tertiary/aromatic N) is 1. The van der Waals surface area contributed by atoms with Crippen LogP contribution in [0.2, 0.25) is 5.02 Å². The van der Waals surface area contributed by atoms with Crippen LogP contribution in [0.3, 0.4) is 0 Å². The first-order valence-corrected chi connectivity index (χ1v) is 12.7. The van der Waals surface area contributed by atoms with Crippen LogP contribution in [0.15, 0.2) is 42.6 Å². The highest BCUT2D eigenvalue weighted by Crippen LogP contribution is 2.51. The molecule has 2 fully saturated rings. The second-order valence-corrected chi connectivity index (χ2v) is 10.3. The van der Waals surface area contributed by atoms with Gasteiger partial charge in [-0.1, -0.05) is 17.7 Å². The summed E-state index contributed by atoms with van der Waals surface area (Å²) in [4.78, 5) is 16.9. The Bertz CT molecular complexity index is 1250. The quantitative estimate of drug-likeness (QED) is 0.388. The Labute approximate surface area is 214 Å². The maximum atomic E-state index is 14.9. The molecule has 190 valence electrons. The minimum Gasteiger partial charge on any atom is -0.497 e. The fourth-order valence-corrected chi connectivity index (χ4v) is 5.98. The number of aryl methyl sites for hydroxylation is 1. The van der Waals surface area contributed by atoms with Crippen molar-refractivity contribution in [3.8, 4) is 5.75 Å². The molecule has 1 saturated heterocycles. The van der Waals surface area contributed by atoms with Gasteiger partial charge in [0.15, 0.2) is 0 Å². The SMILES string of the molecule is COc1ccc2ncc(Cl)c(CCCC3(c4c(F)cccc4F)CC(OC(=O)C4CCNC4)C3)c2c1. The number of halogens is 3. The maximum absolute atomic E-state index is 14.9. The number of rotatable bonds is 8. The van der Waals surface area contributed by atoms with Crippen LogP contribution in [0.4, 0.5) is 8.78 Å². The monoisotopic (exact) mass is 514 g/mol. The van der Waals surface area contributed by atoms with Crippen LogP contribution < -0.4 is 10.1 Å². The highest BCUT2D eigenvalue weighted by molar-refractivity contribution is 6.32. The first-order valence-electron chi connectivity index (χ1n) is 12.4. The van der Waals surface area contributed by atoms with Gasteiger partial charge in [-0.2, -0.15) is 0 Å². The average molecular weight is 515 g/mol. The Morgan fingerprint density at radius 2 is 2.00 bits per heavy atom. The number of carbonyl (C=O) groups excluding carboxylic acids is 1. The summed E-state index contributed by atoms with van der Waals surface area (Å²) >= 11 is 6.52. The summed E-state index contributed by atoms with van der Waals surface area (Å²) in [6.45, 7) is 1.41. The molecule has 1 unspecified atom stereocenters.